The lowest BCUT2D eigenvalue weighted by molar-refractivity contribution is -0.156. The van der Waals surface area contributed by atoms with E-state index < -0.39 is 18.0 Å². The molecule has 86 valence electrons. The average molecular weight is 214 g/mol. The van der Waals surface area contributed by atoms with Gasteiger partial charge in [-0.05, 0) is 26.8 Å². The van der Waals surface area contributed by atoms with Crippen molar-refractivity contribution in [2.45, 2.75) is 33.8 Å². The van der Waals surface area contributed by atoms with Crippen LogP contribution in [-0.4, -0.2) is 24.6 Å². The van der Waals surface area contributed by atoms with Crippen LogP contribution in [0.2, 0.25) is 0 Å². The zero-order valence-electron chi connectivity index (χ0n) is 9.65. The number of esters is 2. The smallest absolute Gasteiger partial charge is 0.312 e. The molecule has 0 N–H and O–H groups in total. The van der Waals surface area contributed by atoms with Crippen LogP contribution in [-0.2, 0) is 19.1 Å². The zero-order valence-corrected chi connectivity index (χ0v) is 9.65. The highest BCUT2D eigenvalue weighted by atomic mass is 16.6. The first-order chi connectivity index (χ1) is 7.02. The van der Waals surface area contributed by atoms with E-state index in [0.29, 0.717) is 6.61 Å². The molecular formula is C11H18O4. The van der Waals surface area contributed by atoms with Gasteiger partial charge in [0.15, 0.2) is 0 Å². The van der Waals surface area contributed by atoms with Crippen LogP contribution in [0.1, 0.15) is 27.7 Å². The summed E-state index contributed by atoms with van der Waals surface area (Å²) in [5.41, 5.74) is 0. The number of allylic oxidation sites excluding steroid dienone is 1. The van der Waals surface area contributed by atoms with E-state index in [1.165, 1.54) is 6.92 Å². The van der Waals surface area contributed by atoms with Gasteiger partial charge in [0.1, 0.15) is 6.10 Å². The molecule has 0 aromatic heterocycles. The molecule has 0 fully saturated rings. The summed E-state index contributed by atoms with van der Waals surface area (Å²) in [6, 6.07) is 0. The predicted octanol–water partition coefficient (Wildman–Crippen LogP) is 1.69. The summed E-state index contributed by atoms with van der Waals surface area (Å²) < 4.78 is 9.84. The number of carbonyl (C=O) groups is 2. The second-order valence-corrected chi connectivity index (χ2v) is 3.14. The van der Waals surface area contributed by atoms with E-state index in [9.17, 15) is 9.59 Å². The maximum Gasteiger partial charge on any atom is 0.312 e. The minimum atomic E-state index is -0.549. The molecule has 4 heteroatoms. The first-order valence-electron chi connectivity index (χ1n) is 4.99. The molecule has 2 atom stereocenters. The molecule has 15 heavy (non-hydrogen) atoms. The highest BCUT2D eigenvalue weighted by Crippen LogP contribution is 2.11. The number of ether oxygens (including phenoxy) is 2. The number of hydrogen-bond acceptors (Lipinski definition) is 4. The van der Waals surface area contributed by atoms with Crippen LogP contribution in [0.25, 0.3) is 0 Å². The predicted molar refractivity (Wildman–Crippen MR) is 56.2 cm³/mol. The van der Waals surface area contributed by atoms with Crippen molar-refractivity contribution in [3.8, 4) is 0 Å². The molecule has 0 saturated heterocycles. The van der Waals surface area contributed by atoms with E-state index in [-0.39, 0.29) is 5.97 Å². The third-order valence-corrected chi connectivity index (χ3v) is 1.84. The summed E-state index contributed by atoms with van der Waals surface area (Å²) in [7, 11) is 0. The Balaban J connectivity index is 4.46. The Morgan fingerprint density at radius 3 is 2.40 bits per heavy atom. The maximum absolute atomic E-state index is 11.4. The monoisotopic (exact) mass is 214 g/mol. The maximum atomic E-state index is 11.4. The van der Waals surface area contributed by atoms with Crippen LogP contribution in [0.15, 0.2) is 12.2 Å². The molecule has 0 aliphatic rings. The van der Waals surface area contributed by atoms with Crippen LogP contribution >= 0.6 is 0 Å². The van der Waals surface area contributed by atoms with Crippen LogP contribution in [0.3, 0.4) is 0 Å². The fraction of sp³-hybridized carbons (Fsp3) is 0.636. The second-order valence-electron chi connectivity index (χ2n) is 3.14. The normalized spacial score (nSPS) is 14.7. The molecule has 0 heterocycles. The minimum absolute atomic E-state index is 0.325. The summed E-state index contributed by atoms with van der Waals surface area (Å²) in [4.78, 5) is 22.2. The van der Waals surface area contributed by atoms with Gasteiger partial charge in [-0.25, -0.2) is 0 Å². The molecule has 0 saturated carbocycles. The molecule has 2 unspecified atom stereocenters. The molecule has 0 amide bonds. The molecule has 0 aliphatic carbocycles. The Bertz CT molecular complexity index is 245. The second kappa shape index (κ2) is 7.04. The highest BCUT2D eigenvalue weighted by Gasteiger charge is 2.25. The van der Waals surface area contributed by atoms with E-state index in [1.54, 1.807) is 32.9 Å². The van der Waals surface area contributed by atoms with Gasteiger partial charge in [0.25, 0.3) is 0 Å². The van der Waals surface area contributed by atoms with Crippen molar-refractivity contribution in [1.82, 2.24) is 0 Å². The molecular weight excluding hydrogens is 196 g/mol. The Labute approximate surface area is 90.2 Å². The summed E-state index contributed by atoms with van der Waals surface area (Å²) in [5, 5.41) is 0. The Morgan fingerprint density at radius 2 is 2.00 bits per heavy atom. The van der Waals surface area contributed by atoms with E-state index in [2.05, 4.69) is 0 Å². The summed E-state index contributed by atoms with van der Waals surface area (Å²) in [6.07, 6.45) is 2.86. The van der Waals surface area contributed by atoms with Crippen molar-refractivity contribution >= 4 is 11.9 Å². The van der Waals surface area contributed by atoms with Crippen molar-refractivity contribution in [2.24, 2.45) is 5.92 Å². The first kappa shape index (κ1) is 13.7. The van der Waals surface area contributed by atoms with Gasteiger partial charge in [0.2, 0.25) is 0 Å². The largest absolute Gasteiger partial charge is 0.466 e. The van der Waals surface area contributed by atoms with E-state index in [4.69, 9.17) is 9.47 Å². The third kappa shape index (κ3) is 5.20. The van der Waals surface area contributed by atoms with E-state index in [0.717, 1.165) is 0 Å². The Hall–Kier alpha value is -1.32. The van der Waals surface area contributed by atoms with Crippen molar-refractivity contribution < 1.29 is 19.1 Å². The van der Waals surface area contributed by atoms with Crippen LogP contribution in [0.5, 0.6) is 0 Å². The number of carbonyl (C=O) groups excluding carboxylic acids is 2. The van der Waals surface area contributed by atoms with Gasteiger partial charge in [-0.3, -0.25) is 9.59 Å². The van der Waals surface area contributed by atoms with E-state index in [1.807, 2.05) is 0 Å². The lowest BCUT2D eigenvalue weighted by atomic mass is 10.0. The molecule has 4 nitrogen and oxygen atoms in total. The number of rotatable bonds is 5. The molecule has 0 radical (unpaired) electrons. The summed E-state index contributed by atoms with van der Waals surface area (Å²) in [6.45, 7) is 6.85. The fourth-order valence-corrected chi connectivity index (χ4v) is 1.10. The summed E-state index contributed by atoms with van der Waals surface area (Å²) >= 11 is 0. The zero-order chi connectivity index (χ0) is 11.8. The van der Waals surface area contributed by atoms with Crippen LogP contribution < -0.4 is 0 Å². The fourth-order valence-electron chi connectivity index (χ4n) is 1.10. The van der Waals surface area contributed by atoms with E-state index >= 15 is 0 Å². The van der Waals surface area contributed by atoms with Crippen LogP contribution in [0, 0.1) is 5.92 Å². The topological polar surface area (TPSA) is 52.6 Å². The first-order valence-corrected chi connectivity index (χ1v) is 4.99. The minimum Gasteiger partial charge on any atom is -0.466 e. The van der Waals surface area contributed by atoms with Crippen molar-refractivity contribution in [1.29, 1.82) is 0 Å². The van der Waals surface area contributed by atoms with Gasteiger partial charge < -0.3 is 9.47 Å². The van der Waals surface area contributed by atoms with Gasteiger partial charge in [-0.1, -0.05) is 6.08 Å². The average Bonchev–Trinajstić information content (AvgIpc) is 2.16. The van der Waals surface area contributed by atoms with Crippen LogP contribution in [0.4, 0.5) is 0 Å². The molecule has 0 bridgehead atoms. The summed E-state index contributed by atoms with van der Waals surface area (Å²) in [5.74, 6) is -1.25. The Morgan fingerprint density at radius 1 is 1.40 bits per heavy atom. The SMILES string of the molecule is C/C=C/C(OC(C)=O)C(C)C(=O)OCC. The molecule has 0 rings (SSSR count). The molecule has 0 aromatic carbocycles. The van der Waals surface area contributed by atoms with Crippen molar-refractivity contribution in [2.75, 3.05) is 6.61 Å². The Kier molecular flexibility index (Phi) is 6.42. The third-order valence-electron chi connectivity index (χ3n) is 1.84. The molecule has 0 aliphatic heterocycles. The van der Waals surface area contributed by atoms with Gasteiger partial charge >= 0.3 is 11.9 Å². The lowest BCUT2D eigenvalue weighted by Gasteiger charge is -2.19. The van der Waals surface area contributed by atoms with Gasteiger partial charge in [-0.15, -0.1) is 0 Å². The van der Waals surface area contributed by atoms with Crippen molar-refractivity contribution in [3.05, 3.63) is 12.2 Å². The van der Waals surface area contributed by atoms with Gasteiger partial charge in [0, 0.05) is 6.92 Å². The quantitative estimate of drug-likeness (QED) is 0.516. The molecule has 0 aromatic rings. The van der Waals surface area contributed by atoms with Crippen molar-refractivity contribution in [3.63, 3.8) is 0 Å². The lowest BCUT2D eigenvalue weighted by Crippen LogP contribution is -2.29. The highest BCUT2D eigenvalue weighted by molar-refractivity contribution is 5.74. The number of hydrogen-bond donors (Lipinski definition) is 0. The standard InChI is InChI=1S/C11H18O4/c1-5-7-10(15-9(4)12)8(3)11(13)14-6-2/h5,7-8,10H,6H2,1-4H3/b7-5+. The van der Waals surface area contributed by atoms with Gasteiger partial charge in [0.05, 0.1) is 12.5 Å². The molecule has 0 spiro atoms. The van der Waals surface area contributed by atoms with Gasteiger partial charge in [-0.2, -0.15) is 0 Å².